The highest BCUT2D eigenvalue weighted by Gasteiger charge is 2.16. The van der Waals surface area contributed by atoms with Gasteiger partial charge in [-0.25, -0.2) is 19.0 Å². The normalized spacial score (nSPS) is 11.1. The minimum Gasteiger partial charge on any atom is -0.366 e. The summed E-state index contributed by atoms with van der Waals surface area (Å²) >= 11 is 0. The Balaban J connectivity index is 1.49. The summed E-state index contributed by atoms with van der Waals surface area (Å²) in [7, 11) is 1.62. The maximum Gasteiger partial charge on any atom is 0.350 e. The van der Waals surface area contributed by atoms with Crippen molar-refractivity contribution < 1.29 is 9.59 Å². The summed E-state index contributed by atoms with van der Waals surface area (Å²) in [5.74, 6) is -0.324. The molecule has 36 heavy (non-hydrogen) atoms. The molecule has 0 aliphatic heterocycles. The van der Waals surface area contributed by atoms with Gasteiger partial charge in [-0.3, -0.25) is 14.0 Å². The van der Waals surface area contributed by atoms with E-state index >= 15 is 0 Å². The largest absolute Gasteiger partial charge is 0.366 e. The van der Waals surface area contributed by atoms with E-state index in [1.165, 1.54) is 10.7 Å². The van der Waals surface area contributed by atoms with Crippen molar-refractivity contribution in [1.82, 2.24) is 23.7 Å². The summed E-state index contributed by atoms with van der Waals surface area (Å²) in [5.41, 5.74) is 10.1. The van der Waals surface area contributed by atoms with Crippen LogP contribution in [0.5, 0.6) is 0 Å². The van der Waals surface area contributed by atoms with Crippen LogP contribution in [0.3, 0.4) is 0 Å². The van der Waals surface area contributed by atoms with Gasteiger partial charge >= 0.3 is 5.69 Å². The second-order valence-corrected chi connectivity index (χ2v) is 8.47. The molecule has 10 heteroatoms. The van der Waals surface area contributed by atoms with Crippen molar-refractivity contribution in [3.63, 3.8) is 0 Å². The summed E-state index contributed by atoms with van der Waals surface area (Å²) < 4.78 is 4.56. The number of anilines is 1. The lowest BCUT2D eigenvalue weighted by molar-refractivity contribution is 0.0995. The number of hydrogen-bond donors (Lipinski definition) is 2. The lowest BCUT2D eigenvalue weighted by atomic mass is 10.1. The molecule has 180 valence electrons. The molecule has 5 aromatic rings. The Morgan fingerprint density at radius 1 is 0.972 bits per heavy atom. The quantitative estimate of drug-likeness (QED) is 0.399. The Hall–Kier alpha value is -4.99. The van der Waals surface area contributed by atoms with E-state index < -0.39 is 5.91 Å². The average Bonchev–Trinajstić information content (AvgIpc) is 3.38. The van der Waals surface area contributed by atoms with Gasteiger partial charge in [0.15, 0.2) is 0 Å². The SMILES string of the molecule is Cc1cc(C(=O)Nc2cccc(C(N)=O)c2)n2cc(-c3ccc(-n4c(C)nn(C)c4=O)cc3)cc2n1. The molecular weight excluding hydrogens is 458 g/mol. The smallest absolute Gasteiger partial charge is 0.350 e. The molecule has 0 spiro atoms. The number of nitrogens with zero attached hydrogens (tertiary/aromatic N) is 5. The van der Waals surface area contributed by atoms with Crippen molar-refractivity contribution in [1.29, 1.82) is 0 Å². The first-order chi connectivity index (χ1) is 17.2. The highest BCUT2D eigenvalue weighted by atomic mass is 16.2. The zero-order valence-corrected chi connectivity index (χ0v) is 19.9. The van der Waals surface area contributed by atoms with Gasteiger partial charge in [0, 0.05) is 35.8 Å². The number of fused-ring (bicyclic) bond motifs is 1. The van der Waals surface area contributed by atoms with Crippen LogP contribution in [-0.2, 0) is 7.05 Å². The van der Waals surface area contributed by atoms with E-state index in [2.05, 4.69) is 15.4 Å². The summed E-state index contributed by atoms with van der Waals surface area (Å²) in [4.78, 5) is 41.6. The van der Waals surface area contributed by atoms with E-state index in [4.69, 9.17) is 5.73 Å². The lowest BCUT2D eigenvalue weighted by Crippen LogP contribution is -2.21. The van der Waals surface area contributed by atoms with Crippen LogP contribution in [0.15, 0.2) is 71.7 Å². The molecule has 0 saturated carbocycles. The second-order valence-electron chi connectivity index (χ2n) is 8.47. The van der Waals surface area contributed by atoms with Crippen LogP contribution in [-0.4, -0.2) is 35.5 Å². The lowest BCUT2D eigenvalue weighted by Gasteiger charge is -2.09. The second kappa shape index (κ2) is 8.66. The number of nitrogens with one attached hydrogen (secondary N) is 1. The van der Waals surface area contributed by atoms with Gasteiger partial charge in [0.05, 0.1) is 5.69 Å². The number of carbonyl (C=O) groups is 2. The molecule has 0 fully saturated rings. The third-order valence-corrected chi connectivity index (χ3v) is 5.88. The summed E-state index contributed by atoms with van der Waals surface area (Å²) in [6, 6.07) is 17.6. The fourth-order valence-electron chi connectivity index (χ4n) is 4.18. The Kier molecular flexibility index (Phi) is 5.48. The van der Waals surface area contributed by atoms with Gasteiger partial charge in [-0.2, -0.15) is 5.10 Å². The van der Waals surface area contributed by atoms with Gasteiger partial charge in [-0.1, -0.05) is 18.2 Å². The topological polar surface area (TPSA) is 129 Å². The number of carbonyl (C=O) groups excluding carboxylic acids is 2. The molecule has 0 bridgehead atoms. The van der Waals surface area contributed by atoms with Crippen molar-refractivity contribution in [3.8, 4) is 16.8 Å². The van der Waals surface area contributed by atoms with Crippen molar-refractivity contribution in [2.75, 3.05) is 5.32 Å². The number of primary amides is 1. The van der Waals surface area contributed by atoms with Crippen LogP contribution in [0, 0.1) is 13.8 Å². The number of aryl methyl sites for hydroxylation is 3. The minimum absolute atomic E-state index is 0.216. The van der Waals surface area contributed by atoms with Crippen molar-refractivity contribution in [3.05, 3.63) is 100 Å². The maximum atomic E-state index is 13.2. The predicted octanol–water partition coefficient (Wildman–Crippen LogP) is 2.85. The molecule has 0 aliphatic carbocycles. The van der Waals surface area contributed by atoms with Crippen LogP contribution >= 0.6 is 0 Å². The zero-order chi connectivity index (χ0) is 25.6. The Morgan fingerprint density at radius 3 is 2.39 bits per heavy atom. The maximum absolute atomic E-state index is 13.2. The van der Waals surface area contributed by atoms with E-state index in [1.807, 2.05) is 43.5 Å². The fourth-order valence-corrected chi connectivity index (χ4v) is 4.18. The minimum atomic E-state index is -0.571. The molecule has 3 heterocycles. The highest BCUT2D eigenvalue weighted by molar-refractivity contribution is 6.04. The molecule has 2 amide bonds. The fraction of sp³-hybridized carbons (Fsp3) is 0.115. The van der Waals surface area contributed by atoms with Gasteiger partial charge in [-0.15, -0.1) is 0 Å². The van der Waals surface area contributed by atoms with Crippen LogP contribution < -0.4 is 16.7 Å². The number of hydrogen-bond acceptors (Lipinski definition) is 5. The Morgan fingerprint density at radius 2 is 1.72 bits per heavy atom. The molecule has 0 atom stereocenters. The standard InChI is InChI=1S/C26H23N7O3/c1-15-11-22(25(35)29-20-6-4-5-18(12-20)24(27)34)32-14-19(13-23(32)28-15)17-7-9-21(10-8-17)33-16(2)30-31(3)26(33)36/h4-14H,1-3H3,(H2,27,34)(H,29,35). The first kappa shape index (κ1) is 22.8. The van der Waals surface area contributed by atoms with Crippen molar-refractivity contribution in [2.24, 2.45) is 12.8 Å². The van der Waals surface area contributed by atoms with Crippen LogP contribution in [0.2, 0.25) is 0 Å². The van der Waals surface area contributed by atoms with E-state index in [9.17, 15) is 14.4 Å². The van der Waals surface area contributed by atoms with E-state index in [0.29, 0.717) is 39.8 Å². The molecule has 2 aromatic carbocycles. The number of nitrogens with two attached hydrogens (primary N) is 1. The molecule has 10 nitrogen and oxygen atoms in total. The molecular formula is C26H23N7O3. The van der Waals surface area contributed by atoms with Crippen molar-refractivity contribution in [2.45, 2.75) is 13.8 Å². The number of amides is 2. The molecule has 0 unspecified atom stereocenters. The highest BCUT2D eigenvalue weighted by Crippen LogP contribution is 2.25. The summed E-state index contributed by atoms with van der Waals surface area (Å²) in [5, 5.41) is 6.99. The molecule has 0 aliphatic rings. The third kappa shape index (κ3) is 4.05. The van der Waals surface area contributed by atoms with E-state index in [-0.39, 0.29) is 11.6 Å². The van der Waals surface area contributed by atoms with Gasteiger partial charge < -0.3 is 11.1 Å². The van der Waals surface area contributed by atoms with E-state index in [1.54, 1.807) is 47.2 Å². The molecule has 5 rings (SSSR count). The molecule has 3 aromatic heterocycles. The van der Waals surface area contributed by atoms with Crippen molar-refractivity contribution >= 4 is 23.1 Å². The van der Waals surface area contributed by atoms with Gasteiger partial charge in [0.25, 0.3) is 5.91 Å². The molecule has 0 radical (unpaired) electrons. The van der Waals surface area contributed by atoms with Gasteiger partial charge in [0.1, 0.15) is 17.2 Å². The zero-order valence-electron chi connectivity index (χ0n) is 19.9. The van der Waals surface area contributed by atoms with Gasteiger partial charge in [0.2, 0.25) is 5.91 Å². The summed E-state index contributed by atoms with van der Waals surface area (Å²) in [6.07, 6.45) is 1.84. The molecule has 0 saturated heterocycles. The number of benzene rings is 2. The predicted molar refractivity (Wildman–Crippen MR) is 135 cm³/mol. The Bertz CT molecular complexity index is 1710. The average molecular weight is 482 g/mol. The first-order valence-electron chi connectivity index (χ1n) is 11.2. The van der Waals surface area contributed by atoms with Crippen LogP contribution in [0.1, 0.15) is 32.4 Å². The van der Waals surface area contributed by atoms with Crippen LogP contribution in [0.4, 0.5) is 5.69 Å². The first-order valence-corrected chi connectivity index (χ1v) is 11.2. The number of aromatic nitrogens is 5. The molecule has 3 N–H and O–H groups in total. The van der Waals surface area contributed by atoms with Gasteiger partial charge in [-0.05, 0) is 61.9 Å². The third-order valence-electron chi connectivity index (χ3n) is 5.88. The van der Waals surface area contributed by atoms with E-state index in [0.717, 1.165) is 11.1 Å². The summed E-state index contributed by atoms with van der Waals surface area (Å²) in [6.45, 7) is 3.60. The Labute approximate surface area is 205 Å². The number of rotatable bonds is 5. The monoisotopic (exact) mass is 481 g/mol. The van der Waals surface area contributed by atoms with Crippen LogP contribution in [0.25, 0.3) is 22.5 Å².